The second kappa shape index (κ2) is 6.31. The summed E-state index contributed by atoms with van der Waals surface area (Å²) in [6, 6.07) is 8.02. The molecule has 0 atom stereocenters. The lowest BCUT2D eigenvalue weighted by atomic mass is 10.3. The van der Waals surface area contributed by atoms with Crippen LogP contribution in [0, 0.1) is 10.1 Å². The Morgan fingerprint density at radius 1 is 1.32 bits per heavy atom. The number of nitrogens with zero attached hydrogens (tertiary/aromatic N) is 1. The lowest BCUT2D eigenvalue weighted by molar-refractivity contribution is -0.384. The minimum Gasteiger partial charge on any atom is -0.292 e. The van der Waals surface area contributed by atoms with Crippen molar-refractivity contribution < 1.29 is 9.72 Å². The van der Waals surface area contributed by atoms with E-state index < -0.39 is 4.92 Å². The number of nitro benzene ring substituents is 1. The van der Waals surface area contributed by atoms with Gasteiger partial charge in [0.2, 0.25) is 0 Å². The number of non-ortho nitro benzene ring substituents is 1. The van der Waals surface area contributed by atoms with Crippen LogP contribution in [-0.2, 0) is 0 Å². The van der Waals surface area contributed by atoms with E-state index in [1.807, 2.05) is 11.4 Å². The van der Waals surface area contributed by atoms with Crippen LogP contribution < -0.4 is 0 Å². The highest BCUT2D eigenvalue weighted by molar-refractivity contribution is 9.10. The lowest BCUT2D eigenvalue weighted by Gasteiger charge is -2.00. The number of thiophene rings is 1. The average molecular weight is 358 g/mol. The van der Waals surface area contributed by atoms with E-state index in [1.165, 1.54) is 35.2 Å². The molecule has 1 aromatic carbocycles. The van der Waals surface area contributed by atoms with E-state index in [-0.39, 0.29) is 11.5 Å². The molecular formula is C12H8BrNO3S2. The quantitative estimate of drug-likeness (QED) is 0.344. The first-order chi connectivity index (χ1) is 9.08. The highest BCUT2D eigenvalue weighted by Gasteiger charge is 2.12. The normalized spacial score (nSPS) is 10.4. The van der Waals surface area contributed by atoms with Crippen molar-refractivity contribution in [3.8, 4) is 0 Å². The molecule has 1 aromatic heterocycles. The summed E-state index contributed by atoms with van der Waals surface area (Å²) in [6.07, 6.45) is 0. The summed E-state index contributed by atoms with van der Waals surface area (Å²) >= 11 is 6.09. The number of hydrogen-bond donors (Lipinski definition) is 0. The number of Topliss-reactive ketones (excluding diaryl/α,β-unsaturated/α-hetero) is 1. The zero-order chi connectivity index (χ0) is 13.8. The molecule has 2 rings (SSSR count). The van der Waals surface area contributed by atoms with Gasteiger partial charge in [-0.2, -0.15) is 0 Å². The average Bonchev–Trinajstić information content (AvgIpc) is 2.83. The van der Waals surface area contributed by atoms with Crippen molar-refractivity contribution in [2.75, 3.05) is 5.75 Å². The molecule has 0 spiro atoms. The molecule has 19 heavy (non-hydrogen) atoms. The predicted molar refractivity (Wildman–Crippen MR) is 80.2 cm³/mol. The Kier molecular flexibility index (Phi) is 4.73. The van der Waals surface area contributed by atoms with E-state index in [4.69, 9.17) is 0 Å². The Hall–Kier alpha value is -1.18. The number of nitro groups is 1. The van der Waals surface area contributed by atoms with Crippen LogP contribution in [0.3, 0.4) is 0 Å². The highest BCUT2D eigenvalue weighted by atomic mass is 79.9. The molecule has 0 aliphatic carbocycles. The third-order valence-corrected chi connectivity index (χ3v) is 5.18. The summed E-state index contributed by atoms with van der Waals surface area (Å²) in [5.74, 6) is 0.363. The summed E-state index contributed by atoms with van der Waals surface area (Å²) in [5.41, 5.74) is 0.0525. The van der Waals surface area contributed by atoms with E-state index in [2.05, 4.69) is 15.9 Å². The van der Waals surface area contributed by atoms with Gasteiger partial charge in [0.05, 0.1) is 15.6 Å². The molecule has 0 saturated heterocycles. The lowest BCUT2D eigenvalue weighted by Crippen LogP contribution is -2.00. The van der Waals surface area contributed by atoms with Crippen LogP contribution >= 0.6 is 39.0 Å². The SMILES string of the molecule is O=C(CSc1ccc([N+](=O)[O-])cc1)c1sccc1Br. The number of halogens is 1. The standard InChI is InChI=1S/C12H8BrNO3S2/c13-10-5-6-18-12(10)11(15)7-19-9-3-1-8(2-4-9)14(16)17/h1-6H,7H2. The molecule has 7 heteroatoms. The molecular weight excluding hydrogens is 350 g/mol. The molecule has 4 nitrogen and oxygen atoms in total. The summed E-state index contributed by atoms with van der Waals surface area (Å²) in [4.78, 5) is 23.5. The topological polar surface area (TPSA) is 60.2 Å². The van der Waals surface area contributed by atoms with Gasteiger partial charge in [0.25, 0.3) is 5.69 Å². The van der Waals surface area contributed by atoms with Gasteiger partial charge in [-0.1, -0.05) is 0 Å². The third-order valence-electron chi connectivity index (χ3n) is 2.29. The Morgan fingerprint density at radius 3 is 2.53 bits per heavy atom. The van der Waals surface area contributed by atoms with Gasteiger partial charge in [0.1, 0.15) is 0 Å². The molecule has 0 saturated carbocycles. The van der Waals surface area contributed by atoms with Crippen molar-refractivity contribution in [2.45, 2.75) is 4.90 Å². The van der Waals surface area contributed by atoms with Crippen molar-refractivity contribution in [3.63, 3.8) is 0 Å². The van der Waals surface area contributed by atoms with Crippen LogP contribution in [-0.4, -0.2) is 16.5 Å². The van der Waals surface area contributed by atoms with Crippen LogP contribution in [0.15, 0.2) is 45.1 Å². The molecule has 1 heterocycles. The van der Waals surface area contributed by atoms with Crippen LogP contribution in [0.1, 0.15) is 9.67 Å². The van der Waals surface area contributed by atoms with Gasteiger partial charge in [-0.25, -0.2) is 0 Å². The van der Waals surface area contributed by atoms with Gasteiger partial charge < -0.3 is 0 Å². The van der Waals surface area contributed by atoms with Crippen molar-refractivity contribution in [3.05, 3.63) is 55.2 Å². The minimum absolute atomic E-state index is 0.0465. The van der Waals surface area contributed by atoms with Gasteiger partial charge in [-0.15, -0.1) is 23.1 Å². The second-order valence-corrected chi connectivity index (χ2v) is 6.38. The number of rotatable bonds is 5. The zero-order valence-corrected chi connectivity index (χ0v) is 12.8. The third kappa shape index (κ3) is 3.65. The first-order valence-corrected chi connectivity index (χ1v) is 7.87. The second-order valence-electron chi connectivity index (χ2n) is 3.56. The fourth-order valence-electron chi connectivity index (χ4n) is 1.37. The number of ketones is 1. The number of benzene rings is 1. The first-order valence-electron chi connectivity index (χ1n) is 5.21. The number of carbonyl (C=O) groups excluding carboxylic acids is 1. The summed E-state index contributed by atoms with van der Waals surface area (Å²) in [6.45, 7) is 0. The minimum atomic E-state index is -0.442. The molecule has 0 radical (unpaired) electrons. The van der Waals surface area contributed by atoms with Crippen molar-refractivity contribution in [1.82, 2.24) is 0 Å². The molecule has 0 N–H and O–H groups in total. The van der Waals surface area contributed by atoms with Crippen LogP contribution in [0.2, 0.25) is 0 Å². The number of thioether (sulfide) groups is 1. The van der Waals surface area contributed by atoms with Crippen LogP contribution in [0.4, 0.5) is 5.69 Å². The van der Waals surface area contributed by atoms with Gasteiger partial charge in [-0.05, 0) is 39.5 Å². The molecule has 0 amide bonds. The maximum atomic E-state index is 11.9. The molecule has 2 aromatic rings. The van der Waals surface area contributed by atoms with Crippen molar-refractivity contribution in [2.24, 2.45) is 0 Å². The zero-order valence-electron chi connectivity index (χ0n) is 9.54. The first kappa shape index (κ1) is 14.2. The number of carbonyl (C=O) groups is 1. The summed E-state index contributed by atoms with van der Waals surface area (Å²) in [5, 5.41) is 12.4. The monoisotopic (exact) mass is 357 g/mol. The fourth-order valence-corrected chi connectivity index (χ4v) is 3.77. The Morgan fingerprint density at radius 2 is 2.00 bits per heavy atom. The van der Waals surface area contributed by atoms with E-state index in [0.717, 1.165) is 9.37 Å². The van der Waals surface area contributed by atoms with E-state index in [1.54, 1.807) is 12.1 Å². The van der Waals surface area contributed by atoms with Crippen molar-refractivity contribution >= 4 is 50.5 Å². The van der Waals surface area contributed by atoms with E-state index >= 15 is 0 Å². The Labute approximate surface area is 126 Å². The highest BCUT2D eigenvalue weighted by Crippen LogP contribution is 2.27. The predicted octanol–water partition coefficient (Wildman–Crippen LogP) is 4.39. The number of hydrogen-bond acceptors (Lipinski definition) is 5. The molecule has 0 aliphatic rings. The van der Waals surface area contributed by atoms with Crippen LogP contribution in [0.5, 0.6) is 0 Å². The largest absolute Gasteiger partial charge is 0.292 e. The van der Waals surface area contributed by atoms with E-state index in [0.29, 0.717) is 10.6 Å². The molecule has 0 bridgehead atoms. The molecule has 0 fully saturated rings. The fraction of sp³-hybridized carbons (Fsp3) is 0.0833. The van der Waals surface area contributed by atoms with Gasteiger partial charge in [-0.3, -0.25) is 14.9 Å². The smallest absolute Gasteiger partial charge is 0.269 e. The summed E-state index contributed by atoms with van der Waals surface area (Å²) in [7, 11) is 0. The van der Waals surface area contributed by atoms with Gasteiger partial charge in [0, 0.05) is 21.5 Å². The maximum Gasteiger partial charge on any atom is 0.269 e. The maximum absolute atomic E-state index is 11.9. The molecule has 98 valence electrons. The van der Waals surface area contributed by atoms with E-state index in [9.17, 15) is 14.9 Å². The van der Waals surface area contributed by atoms with Crippen molar-refractivity contribution in [1.29, 1.82) is 0 Å². The Balaban J connectivity index is 1.97. The Bertz CT molecular complexity index is 610. The molecule has 0 unspecified atom stereocenters. The van der Waals surface area contributed by atoms with Gasteiger partial charge in [0.15, 0.2) is 5.78 Å². The summed E-state index contributed by atoms with van der Waals surface area (Å²) < 4.78 is 0.812. The molecule has 0 aliphatic heterocycles. The van der Waals surface area contributed by atoms with Crippen LogP contribution in [0.25, 0.3) is 0 Å². The van der Waals surface area contributed by atoms with Gasteiger partial charge >= 0.3 is 0 Å².